The second-order valence-corrected chi connectivity index (χ2v) is 4.80. The fraction of sp³-hybridized carbons (Fsp3) is 0. The van der Waals surface area contributed by atoms with Crippen LogP contribution >= 0.6 is 11.6 Å². The largest absolute Gasteiger partial charge is 0.353 e. The molecule has 1 heterocycles. The van der Waals surface area contributed by atoms with Crippen LogP contribution in [0, 0.1) is 17.1 Å². The highest BCUT2D eigenvalue weighted by atomic mass is 35.5. The third-order valence-electron chi connectivity index (χ3n) is 3.11. The quantitative estimate of drug-likeness (QED) is 0.749. The van der Waals surface area contributed by atoms with Crippen LogP contribution in [0.2, 0.25) is 5.02 Å². The number of nitrogens with one attached hydrogen (secondary N) is 1. The van der Waals surface area contributed by atoms with Gasteiger partial charge in [0.05, 0.1) is 21.9 Å². The first kappa shape index (κ1) is 13.3. The van der Waals surface area contributed by atoms with Gasteiger partial charge in [0.2, 0.25) is 0 Å². The number of anilines is 2. The normalized spacial score (nSPS) is 10.3. The second kappa shape index (κ2) is 5.39. The predicted octanol–water partition coefficient (Wildman–Crippen LogP) is 4.64. The van der Waals surface area contributed by atoms with Gasteiger partial charge >= 0.3 is 0 Å². The van der Waals surface area contributed by atoms with Crippen molar-refractivity contribution in [3.8, 4) is 6.07 Å². The molecule has 0 aliphatic heterocycles. The summed E-state index contributed by atoms with van der Waals surface area (Å²) < 4.78 is 13.6. The zero-order chi connectivity index (χ0) is 14.8. The summed E-state index contributed by atoms with van der Waals surface area (Å²) in [5, 5.41) is 13.5. The van der Waals surface area contributed by atoms with E-state index >= 15 is 0 Å². The highest BCUT2D eigenvalue weighted by Gasteiger charge is 2.10. The Morgan fingerprint density at radius 1 is 1.10 bits per heavy atom. The Bertz CT molecular complexity index is 871. The average Bonchev–Trinajstić information content (AvgIpc) is 2.51. The van der Waals surface area contributed by atoms with Crippen LogP contribution in [0.4, 0.5) is 15.8 Å². The van der Waals surface area contributed by atoms with Crippen LogP contribution in [0.5, 0.6) is 0 Å². The third-order valence-corrected chi connectivity index (χ3v) is 3.44. The van der Waals surface area contributed by atoms with Gasteiger partial charge in [-0.2, -0.15) is 5.26 Å². The fourth-order valence-electron chi connectivity index (χ4n) is 2.13. The molecule has 0 saturated carbocycles. The zero-order valence-corrected chi connectivity index (χ0v) is 11.5. The summed E-state index contributed by atoms with van der Waals surface area (Å²) in [6.07, 6.45) is 1.65. The minimum atomic E-state index is -0.561. The Morgan fingerprint density at radius 3 is 2.76 bits per heavy atom. The summed E-state index contributed by atoms with van der Waals surface area (Å²) in [6, 6.07) is 13.4. The lowest BCUT2D eigenvalue weighted by Gasteiger charge is -2.11. The maximum absolute atomic E-state index is 13.6. The molecule has 0 amide bonds. The molecular weight excluding hydrogens is 289 g/mol. The van der Waals surface area contributed by atoms with Crippen molar-refractivity contribution < 1.29 is 4.39 Å². The van der Waals surface area contributed by atoms with Crippen molar-refractivity contribution in [2.24, 2.45) is 0 Å². The SMILES string of the molecule is N#Cc1c(F)cccc1Nc1ccc(Cl)c2cccnc12. The first-order chi connectivity index (χ1) is 10.2. The Morgan fingerprint density at radius 2 is 1.95 bits per heavy atom. The van der Waals surface area contributed by atoms with Gasteiger partial charge < -0.3 is 5.32 Å². The lowest BCUT2D eigenvalue weighted by atomic mass is 10.1. The van der Waals surface area contributed by atoms with E-state index in [-0.39, 0.29) is 5.56 Å². The third kappa shape index (κ3) is 2.39. The number of nitrogens with zero attached hydrogens (tertiary/aromatic N) is 2. The monoisotopic (exact) mass is 297 g/mol. The standard InChI is InChI=1S/C16H9ClFN3/c17-12-6-7-15(16-10(12)3-2-8-20-16)21-14-5-1-4-13(18)11(14)9-19/h1-8,21H. The molecule has 0 aliphatic rings. The molecule has 102 valence electrons. The van der Waals surface area contributed by atoms with E-state index in [0.29, 0.717) is 21.9 Å². The minimum Gasteiger partial charge on any atom is -0.353 e. The smallest absolute Gasteiger partial charge is 0.143 e. The van der Waals surface area contributed by atoms with E-state index in [4.69, 9.17) is 16.9 Å². The van der Waals surface area contributed by atoms with E-state index in [0.717, 1.165) is 5.39 Å². The summed E-state index contributed by atoms with van der Waals surface area (Å²) in [4.78, 5) is 4.29. The first-order valence-corrected chi connectivity index (χ1v) is 6.57. The van der Waals surface area contributed by atoms with Crippen LogP contribution in [0.3, 0.4) is 0 Å². The van der Waals surface area contributed by atoms with Crippen LogP contribution in [0.1, 0.15) is 5.56 Å². The van der Waals surface area contributed by atoms with Crippen molar-refractivity contribution in [3.05, 3.63) is 65.1 Å². The number of fused-ring (bicyclic) bond motifs is 1. The number of aromatic nitrogens is 1. The zero-order valence-electron chi connectivity index (χ0n) is 10.8. The van der Waals surface area contributed by atoms with Gasteiger partial charge in [-0.3, -0.25) is 4.98 Å². The molecule has 0 saturated heterocycles. The van der Waals surface area contributed by atoms with Crippen molar-refractivity contribution in [1.82, 2.24) is 4.98 Å². The Kier molecular flexibility index (Phi) is 3.43. The Balaban J connectivity index is 2.14. The molecule has 0 bridgehead atoms. The van der Waals surface area contributed by atoms with Crippen LogP contribution < -0.4 is 5.32 Å². The lowest BCUT2D eigenvalue weighted by Crippen LogP contribution is -1.97. The second-order valence-electron chi connectivity index (χ2n) is 4.39. The van der Waals surface area contributed by atoms with E-state index < -0.39 is 5.82 Å². The molecular formula is C16H9ClFN3. The summed E-state index contributed by atoms with van der Waals surface area (Å²) in [7, 11) is 0. The molecule has 1 aromatic heterocycles. The van der Waals surface area contributed by atoms with Gasteiger partial charge in [-0.15, -0.1) is 0 Å². The van der Waals surface area contributed by atoms with Gasteiger partial charge in [-0.25, -0.2) is 4.39 Å². The maximum Gasteiger partial charge on any atom is 0.143 e. The highest BCUT2D eigenvalue weighted by molar-refractivity contribution is 6.35. The average molecular weight is 298 g/mol. The molecule has 0 aliphatic carbocycles. The molecule has 3 rings (SSSR count). The predicted molar refractivity (Wildman–Crippen MR) is 81.2 cm³/mol. The van der Waals surface area contributed by atoms with Crippen LogP contribution in [0.25, 0.3) is 10.9 Å². The maximum atomic E-state index is 13.6. The van der Waals surface area contributed by atoms with Gasteiger partial charge in [-0.05, 0) is 36.4 Å². The molecule has 1 N–H and O–H groups in total. The molecule has 0 fully saturated rings. The van der Waals surface area contributed by atoms with Crippen molar-refractivity contribution in [2.45, 2.75) is 0 Å². The number of halogens is 2. The van der Waals surface area contributed by atoms with E-state index in [9.17, 15) is 4.39 Å². The van der Waals surface area contributed by atoms with Crippen molar-refractivity contribution in [2.75, 3.05) is 5.32 Å². The topological polar surface area (TPSA) is 48.7 Å². The van der Waals surface area contributed by atoms with Gasteiger partial charge in [-0.1, -0.05) is 17.7 Å². The fourth-order valence-corrected chi connectivity index (χ4v) is 2.34. The number of hydrogen-bond acceptors (Lipinski definition) is 3. The molecule has 2 aromatic carbocycles. The van der Waals surface area contributed by atoms with Crippen LogP contribution in [-0.4, -0.2) is 4.98 Å². The van der Waals surface area contributed by atoms with Crippen molar-refractivity contribution in [3.63, 3.8) is 0 Å². The number of benzene rings is 2. The Hall–Kier alpha value is -2.64. The number of rotatable bonds is 2. The van der Waals surface area contributed by atoms with Crippen molar-refractivity contribution in [1.29, 1.82) is 5.26 Å². The van der Waals surface area contributed by atoms with E-state index in [2.05, 4.69) is 10.3 Å². The molecule has 5 heteroatoms. The van der Waals surface area contributed by atoms with Gasteiger partial charge in [0.1, 0.15) is 17.4 Å². The molecule has 0 spiro atoms. The van der Waals surface area contributed by atoms with Crippen LogP contribution in [-0.2, 0) is 0 Å². The highest BCUT2D eigenvalue weighted by Crippen LogP contribution is 2.31. The molecule has 0 radical (unpaired) electrons. The Labute approximate surface area is 125 Å². The molecule has 21 heavy (non-hydrogen) atoms. The summed E-state index contributed by atoms with van der Waals surface area (Å²) in [5.41, 5.74) is 1.69. The first-order valence-electron chi connectivity index (χ1n) is 6.19. The van der Waals surface area contributed by atoms with E-state index in [1.165, 1.54) is 6.07 Å². The molecule has 3 aromatic rings. The summed E-state index contributed by atoms with van der Waals surface area (Å²) >= 11 is 6.14. The van der Waals surface area contributed by atoms with E-state index in [1.54, 1.807) is 36.5 Å². The molecule has 0 atom stereocenters. The van der Waals surface area contributed by atoms with Crippen LogP contribution in [0.15, 0.2) is 48.7 Å². The number of nitriles is 1. The molecule has 0 unspecified atom stereocenters. The van der Waals surface area contributed by atoms with Crippen molar-refractivity contribution >= 4 is 33.9 Å². The summed E-state index contributed by atoms with van der Waals surface area (Å²) in [5.74, 6) is -0.561. The van der Waals surface area contributed by atoms with Gasteiger partial charge in [0.25, 0.3) is 0 Å². The lowest BCUT2D eigenvalue weighted by molar-refractivity contribution is 0.624. The summed E-state index contributed by atoms with van der Waals surface area (Å²) in [6.45, 7) is 0. The molecule has 3 nitrogen and oxygen atoms in total. The van der Waals surface area contributed by atoms with E-state index in [1.807, 2.05) is 12.1 Å². The number of hydrogen-bond donors (Lipinski definition) is 1. The van der Waals surface area contributed by atoms with Gasteiger partial charge in [0, 0.05) is 11.6 Å². The number of pyridine rings is 1. The van der Waals surface area contributed by atoms with Gasteiger partial charge in [0.15, 0.2) is 0 Å². The minimum absolute atomic E-state index is 0.0310.